The highest BCUT2D eigenvalue weighted by atomic mass is 32.1. The van der Waals surface area contributed by atoms with Crippen molar-refractivity contribution in [3.05, 3.63) is 46.8 Å². The van der Waals surface area contributed by atoms with Crippen LogP contribution in [0.25, 0.3) is 10.4 Å². The summed E-state index contributed by atoms with van der Waals surface area (Å²) in [6.07, 6.45) is 0. The molecule has 3 heteroatoms. The highest BCUT2D eigenvalue weighted by molar-refractivity contribution is 7.13. The predicted molar refractivity (Wildman–Crippen MR) is 60.4 cm³/mol. The van der Waals surface area contributed by atoms with Crippen LogP contribution in [0.15, 0.2) is 35.7 Å². The molecule has 1 N–H and O–H groups in total. The monoisotopic (exact) mass is 215 g/mol. The molecule has 1 aromatic carbocycles. The zero-order valence-electron chi connectivity index (χ0n) is 7.97. The van der Waals surface area contributed by atoms with Crippen LogP contribution in [0.1, 0.15) is 11.1 Å². The maximum absolute atomic E-state index is 9.12. The van der Waals surface area contributed by atoms with Crippen molar-refractivity contribution in [2.24, 2.45) is 0 Å². The highest BCUT2D eigenvalue weighted by Gasteiger charge is 2.05. The number of thiophene rings is 1. The summed E-state index contributed by atoms with van der Waals surface area (Å²) in [6.45, 7) is 0.0544. The molecule has 0 atom stereocenters. The first-order chi connectivity index (χ1) is 7.35. The first kappa shape index (κ1) is 9.91. The number of nitriles is 1. The van der Waals surface area contributed by atoms with E-state index in [9.17, 15) is 0 Å². The molecule has 2 nitrogen and oxygen atoms in total. The molecule has 1 aromatic heterocycles. The maximum Gasteiger partial charge on any atom is 0.0991 e. The third-order valence-corrected chi connectivity index (χ3v) is 3.20. The van der Waals surface area contributed by atoms with Gasteiger partial charge in [0, 0.05) is 4.88 Å². The van der Waals surface area contributed by atoms with Crippen molar-refractivity contribution in [2.75, 3.05) is 0 Å². The van der Waals surface area contributed by atoms with Crippen molar-refractivity contribution in [3.63, 3.8) is 0 Å². The van der Waals surface area contributed by atoms with Gasteiger partial charge in [0.25, 0.3) is 0 Å². The van der Waals surface area contributed by atoms with Gasteiger partial charge >= 0.3 is 0 Å². The third kappa shape index (κ3) is 1.91. The first-order valence-electron chi connectivity index (χ1n) is 4.53. The quantitative estimate of drug-likeness (QED) is 0.837. The Bertz CT molecular complexity index is 493. The Labute approximate surface area is 92.0 Å². The van der Waals surface area contributed by atoms with Gasteiger partial charge < -0.3 is 5.11 Å². The van der Waals surface area contributed by atoms with Gasteiger partial charge in [-0.15, -0.1) is 11.3 Å². The van der Waals surface area contributed by atoms with Crippen LogP contribution in [0.3, 0.4) is 0 Å². The molecular weight excluding hydrogens is 206 g/mol. The summed E-state index contributed by atoms with van der Waals surface area (Å²) in [5.74, 6) is 0. The molecule has 15 heavy (non-hydrogen) atoms. The van der Waals surface area contributed by atoms with E-state index in [0.717, 1.165) is 16.0 Å². The molecule has 74 valence electrons. The van der Waals surface area contributed by atoms with Gasteiger partial charge in [-0.2, -0.15) is 5.26 Å². The standard InChI is InChI=1S/C12H9NOS/c13-7-9-1-3-10(4-2-9)12-11(8-14)5-6-15-12/h1-6,14H,8H2. The third-order valence-electron chi connectivity index (χ3n) is 2.19. The fourth-order valence-electron chi connectivity index (χ4n) is 1.41. The summed E-state index contributed by atoms with van der Waals surface area (Å²) in [6, 6.07) is 11.4. The summed E-state index contributed by atoms with van der Waals surface area (Å²) >= 11 is 1.60. The number of benzene rings is 1. The van der Waals surface area contributed by atoms with Crippen LogP contribution < -0.4 is 0 Å². The van der Waals surface area contributed by atoms with Gasteiger partial charge in [-0.1, -0.05) is 12.1 Å². The van der Waals surface area contributed by atoms with E-state index < -0.39 is 0 Å². The molecule has 0 aliphatic carbocycles. The topological polar surface area (TPSA) is 44.0 Å². The molecule has 1 heterocycles. The van der Waals surface area contributed by atoms with Crippen molar-refractivity contribution in [1.29, 1.82) is 5.26 Å². The van der Waals surface area contributed by atoms with Crippen molar-refractivity contribution >= 4 is 11.3 Å². The fourth-order valence-corrected chi connectivity index (χ4v) is 2.33. The molecule has 0 unspecified atom stereocenters. The maximum atomic E-state index is 9.12. The minimum absolute atomic E-state index is 0.0544. The molecule has 0 amide bonds. The molecule has 0 bridgehead atoms. The van der Waals surface area contributed by atoms with E-state index in [1.165, 1.54) is 0 Å². The highest BCUT2D eigenvalue weighted by Crippen LogP contribution is 2.29. The van der Waals surface area contributed by atoms with Gasteiger partial charge in [-0.05, 0) is 34.7 Å². The zero-order chi connectivity index (χ0) is 10.7. The molecule has 0 aliphatic rings. The summed E-state index contributed by atoms with van der Waals surface area (Å²) < 4.78 is 0. The number of aliphatic hydroxyl groups is 1. The van der Waals surface area contributed by atoms with Gasteiger partial charge in [-0.3, -0.25) is 0 Å². The van der Waals surface area contributed by atoms with Crippen LogP contribution in [0.2, 0.25) is 0 Å². The van der Waals surface area contributed by atoms with Gasteiger partial charge in [0.15, 0.2) is 0 Å². The Kier molecular flexibility index (Phi) is 2.82. The number of rotatable bonds is 2. The molecule has 0 spiro atoms. The summed E-state index contributed by atoms with van der Waals surface area (Å²) in [5.41, 5.74) is 2.64. The summed E-state index contributed by atoms with van der Waals surface area (Å²) in [7, 11) is 0. The van der Waals surface area contributed by atoms with Crippen molar-refractivity contribution < 1.29 is 5.11 Å². The van der Waals surface area contributed by atoms with E-state index in [-0.39, 0.29) is 6.61 Å². The average Bonchev–Trinajstić information content (AvgIpc) is 2.77. The summed E-state index contributed by atoms with van der Waals surface area (Å²) in [4.78, 5) is 1.07. The van der Waals surface area contributed by atoms with E-state index in [1.807, 2.05) is 23.6 Å². The van der Waals surface area contributed by atoms with Crippen LogP contribution >= 0.6 is 11.3 Å². The van der Waals surface area contributed by atoms with Crippen LogP contribution in [0, 0.1) is 11.3 Å². The van der Waals surface area contributed by atoms with E-state index in [0.29, 0.717) is 5.56 Å². The molecular formula is C12H9NOS. The second kappa shape index (κ2) is 4.26. The van der Waals surface area contributed by atoms with E-state index in [4.69, 9.17) is 10.4 Å². The molecule has 0 saturated carbocycles. The van der Waals surface area contributed by atoms with Crippen LogP contribution in [0.5, 0.6) is 0 Å². The normalized spacial score (nSPS) is 9.87. The van der Waals surface area contributed by atoms with E-state index >= 15 is 0 Å². The predicted octanol–water partition coefficient (Wildman–Crippen LogP) is 2.78. The van der Waals surface area contributed by atoms with Crippen molar-refractivity contribution in [2.45, 2.75) is 6.61 Å². The van der Waals surface area contributed by atoms with Crippen molar-refractivity contribution in [3.8, 4) is 16.5 Å². The number of hydrogen-bond acceptors (Lipinski definition) is 3. The number of nitrogens with zero attached hydrogens (tertiary/aromatic N) is 1. The minimum Gasteiger partial charge on any atom is -0.392 e. The number of hydrogen-bond donors (Lipinski definition) is 1. The minimum atomic E-state index is 0.0544. The van der Waals surface area contributed by atoms with E-state index in [1.54, 1.807) is 23.5 Å². The Hall–Kier alpha value is -1.63. The lowest BCUT2D eigenvalue weighted by atomic mass is 10.1. The molecule has 0 fully saturated rings. The Morgan fingerprint density at radius 2 is 1.93 bits per heavy atom. The second-order valence-electron chi connectivity index (χ2n) is 3.12. The first-order valence-corrected chi connectivity index (χ1v) is 5.41. The van der Waals surface area contributed by atoms with Crippen LogP contribution in [-0.2, 0) is 6.61 Å². The zero-order valence-corrected chi connectivity index (χ0v) is 8.79. The molecule has 0 radical (unpaired) electrons. The fraction of sp³-hybridized carbons (Fsp3) is 0.0833. The lowest BCUT2D eigenvalue weighted by molar-refractivity contribution is 0.283. The Balaban J connectivity index is 2.42. The Morgan fingerprint density at radius 3 is 2.53 bits per heavy atom. The van der Waals surface area contributed by atoms with Gasteiger partial charge in [0.2, 0.25) is 0 Å². The van der Waals surface area contributed by atoms with Gasteiger partial charge in [0.05, 0.1) is 18.2 Å². The lowest BCUT2D eigenvalue weighted by Crippen LogP contribution is -1.83. The molecule has 2 rings (SSSR count). The SMILES string of the molecule is N#Cc1ccc(-c2sccc2CO)cc1. The molecule has 0 saturated heterocycles. The smallest absolute Gasteiger partial charge is 0.0991 e. The van der Waals surface area contributed by atoms with Crippen LogP contribution in [-0.4, -0.2) is 5.11 Å². The number of aliphatic hydroxyl groups excluding tert-OH is 1. The molecule has 2 aromatic rings. The van der Waals surface area contributed by atoms with Gasteiger partial charge in [-0.25, -0.2) is 0 Å². The second-order valence-corrected chi connectivity index (χ2v) is 4.04. The van der Waals surface area contributed by atoms with E-state index in [2.05, 4.69) is 6.07 Å². The average molecular weight is 215 g/mol. The largest absolute Gasteiger partial charge is 0.392 e. The Morgan fingerprint density at radius 1 is 1.20 bits per heavy atom. The lowest BCUT2D eigenvalue weighted by Gasteiger charge is -2.00. The van der Waals surface area contributed by atoms with Crippen molar-refractivity contribution in [1.82, 2.24) is 0 Å². The van der Waals surface area contributed by atoms with Gasteiger partial charge in [0.1, 0.15) is 0 Å². The molecule has 0 aliphatic heterocycles. The van der Waals surface area contributed by atoms with Crippen LogP contribution in [0.4, 0.5) is 0 Å². The summed E-state index contributed by atoms with van der Waals surface area (Å²) in [5, 5.41) is 19.8.